The van der Waals surface area contributed by atoms with Crippen molar-refractivity contribution in [3.63, 3.8) is 0 Å². The molecule has 1 nitrogen and oxygen atoms in total. The van der Waals surface area contributed by atoms with Crippen LogP contribution in [0.3, 0.4) is 0 Å². The van der Waals surface area contributed by atoms with Gasteiger partial charge in [-0.3, -0.25) is 0 Å². The van der Waals surface area contributed by atoms with Crippen LogP contribution in [-0.2, 0) is 13.5 Å². The van der Waals surface area contributed by atoms with Crippen molar-refractivity contribution in [3.05, 3.63) is 106 Å². The maximum Gasteiger partial charge on any atom is 0.0488 e. The van der Waals surface area contributed by atoms with E-state index < -0.39 is 0 Å². The zero-order valence-electron chi connectivity index (χ0n) is 19.1. The van der Waals surface area contributed by atoms with Crippen LogP contribution in [0.2, 0.25) is 0 Å². The summed E-state index contributed by atoms with van der Waals surface area (Å²) >= 11 is 0. The highest BCUT2D eigenvalue weighted by Gasteiger charge is 2.17. The quantitative estimate of drug-likeness (QED) is 0.244. The van der Waals surface area contributed by atoms with E-state index in [1.54, 1.807) is 0 Å². The summed E-state index contributed by atoms with van der Waals surface area (Å²) in [6.07, 6.45) is 1.11. The SMILES string of the molecule is Cc1ccc2c(c1)Cc1cc(C)ccc1-2.Cc1ccc2c(c1)c1cc(C)ccc1n2C. The molecule has 31 heavy (non-hydrogen) atoms. The van der Waals surface area contributed by atoms with Crippen molar-refractivity contribution in [1.29, 1.82) is 0 Å². The maximum atomic E-state index is 2.31. The van der Waals surface area contributed by atoms with E-state index in [1.165, 1.54) is 66.3 Å². The fourth-order valence-electron chi connectivity index (χ4n) is 4.91. The molecular formula is C30H29N. The molecule has 1 aromatic heterocycles. The Morgan fingerprint density at radius 2 is 0.903 bits per heavy atom. The molecule has 0 spiro atoms. The van der Waals surface area contributed by atoms with Gasteiger partial charge in [-0.15, -0.1) is 0 Å². The predicted molar refractivity (Wildman–Crippen MR) is 134 cm³/mol. The van der Waals surface area contributed by atoms with Crippen molar-refractivity contribution < 1.29 is 0 Å². The average molecular weight is 404 g/mol. The summed E-state index contributed by atoms with van der Waals surface area (Å²) in [5, 5.41) is 2.72. The van der Waals surface area contributed by atoms with E-state index in [9.17, 15) is 0 Å². The Kier molecular flexibility index (Phi) is 4.70. The van der Waals surface area contributed by atoms with Crippen molar-refractivity contribution >= 4 is 21.8 Å². The van der Waals surface area contributed by atoms with E-state index in [-0.39, 0.29) is 0 Å². The van der Waals surface area contributed by atoms with Gasteiger partial charge < -0.3 is 4.57 Å². The van der Waals surface area contributed by atoms with E-state index in [2.05, 4.69) is 112 Å². The largest absolute Gasteiger partial charge is 0.344 e. The molecule has 0 unspecified atom stereocenters. The molecule has 1 aliphatic carbocycles. The van der Waals surface area contributed by atoms with Crippen molar-refractivity contribution in [1.82, 2.24) is 4.57 Å². The highest BCUT2D eigenvalue weighted by Crippen LogP contribution is 2.37. The van der Waals surface area contributed by atoms with Gasteiger partial charge in [0.05, 0.1) is 0 Å². The summed E-state index contributed by atoms with van der Waals surface area (Å²) in [6.45, 7) is 8.62. The first-order chi connectivity index (χ1) is 14.9. The number of hydrogen-bond donors (Lipinski definition) is 0. The van der Waals surface area contributed by atoms with E-state index in [4.69, 9.17) is 0 Å². The summed E-state index contributed by atoms with van der Waals surface area (Å²) in [7, 11) is 2.13. The van der Waals surface area contributed by atoms with Gasteiger partial charge in [0, 0.05) is 28.9 Å². The number of fused-ring (bicyclic) bond motifs is 6. The second kappa shape index (κ2) is 7.42. The molecule has 1 aliphatic rings. The van der Waals surface area contributed by atoms with Gasteiger partial charge in [-0.1, -0.05) is 70.8 Å². The van der Waals surface area contributed by atoms with Gasteiger partial charge in [-0.05, 0) is 80.6 Å². The Bertz CT molecular complexity index is 1340. The first kappa shape index (κ1) is 19.6. The molecule has 1 heteroatoms. The molecule has 0 saturated carbocycles. The van der Waals surface area contributed by atoms with Crippen molar-refractivity contribution in [2.24, 2.45) is 7.05 Å². The lowest BCUT2D eigenvalue weighted by Crippen LogP contribution is -1.86. The van der Waals surface area contributed by atoms with E-state index >= 15 is 0 Å². The zero-order valence-corrected chi connectivity index (χ0v) is 19.1. The van der Waals surface area contributed by atoms with Gasteiger partial charge in [0.25, 0.3) is 0 Å². The third-order valence-electron chi connectivity index (χ3n) is 6.51. The lowest BCUT2D eigenvalue weighted by atomic mass is 10.0. The number of aromatic nitrogens is 1. The molecule has 4 aromatic carbocycles. The van der Waals surface area contributed by atoms with Crippen LogP contribution in [-0.4, -0.2) is 4.57 Å². The summed E-state index contributed by atoms with van der Waals surface area (Å²) in [4.78, 5) is 0. The minimum atomic E-state index is 1.11. The number of nitrogens with zero attached hydrogens (tertiary/aromatic N) is 1. The Morgan fingerprint density at radius 1 is 0.516 bits per heavy atom. The van der Waals surface area contributed by atoms with Gasteiger partial charge in [0.2, 0.25) is 0 Å². The topological polar surface area (TPSA) is 4.93 Å². The number of benzene rings is 4. The normalized spacial score (nSPS) is 11.9. The highest BCUT2D eigenvalue weighted by molar-refractivity contribution is 6.08. The van der Waals surface area contributed by atoms with Crippen LogP contribution in [0.25, 0.3) is 32.9 Å². The first-order valence-corrected chi connectivity index (χ1v) is 11.1. The molecule has 6 rings (SSSR count). The van der Waals surface area contributed by atoms with Crippen LogP contribution in [0.5, 0.6) is 0 Å². The van der Waals surface area contributed by atoms with Crippen LogP contribution >= 0.6 is 0 Å². The lowest BCUT2D eigenvalue weighted by Gasteiger charge is -2.01. The van der Waals surface area contributed by atoms with E-state index in [0.29, 0.717) is 0 Å². The molecule has 0 amide bonds. The molecule has 154 valence electrons. The molecule has 1 heterocycles. The molecule has 0 N–H and O–H groups in total. The first-order valence-electron chi connectivity index (χ1n) is 11.1. The van der Waals surface area contributed by atoms with Gasteiger partial charge in [0.15, 0.2) is 0 Å². The van der Waals surface area contributed by atoms with E-state index in [0.717, 1.165) is 6.42 Å². The van der Waals surface area contributed by atoms with Crippen LogP contribution in [0, 0.1) is 27.7 Å². The fraction of sp³-hybridized carbons (Fsp3) is 0.200. The molecule has 5 aromatic rings. The molecule has 0 bridgehead atoms. The monoisotopic (exact) mass is 403 g/mol. The Labute approximate surface area is 185 Å². The summed E-state index contributed by atoms with van der Waals surface area (Å²) in [5.41, 5.74) is 13.8. The Balaban J connectivity index is 0.000000132. The summed E-state index contributed by atoms with van der Waals surface area (Å²) in [5.74, 6) is 0. The van der Waals surface area contributed by atoms with Crippen LogP contribution in [0.15, 0.2) is 72.8 Å². The number of rotatable bonds is 0. The summed E-state index contributed by atoms with van der Waals surface area (Å²) in [6, 6.07) is 26.9. The number of hydrogen-bond acceptors (Lipinski definition) is 0. The third kappa shape index (κ3) is 3.45. The van der Waals surface area contributed by atoms with E-state index in [1.807, 2.05) is 0 Å². The minimum absolute atomic E-state index is 1.11. The maximum absolute atomic E-state index is 2.31. The van der Waals surface area contributed by atoms with Crippen molar-refractivity contribution in [2.45, 2.75) is 34.1 Å². The molecule has 0 fully saturated rings. The van der Waals surface area contributed by atoms with Gasteiger partial charge in [0.1, 0.15) is 0 Å². The predicted octanol–water partition coefficient (Wildman–Crippen LogP) is 7.82. The second-order valence-corrected chi connectivity index (χ2v) is 9.10. The third-order valence-corrected chi connectivity index (χ3v) is 6.51. The zero-order chi connectivity index (χ0) is 21.7. The highest BCUT2D eigenvalue weighted by atomic mass is 14.9. The average Bonchev–Trinajstić information content (AvgIpc) is 3.22. The lowest BCUT2D eigenvalue weighted by molar-refractivity contribution is 1.01. The minimum Gasteiger partial charge on any atom is -0.344 e. The molecule has 0 saturated heterocycles. The standard InChI is InChI=1S/C15H15N.C15H14/c1-10-4-6-14-12(8-10)13-9-11(2)5-7-15(13)16(14)3;1-10-3-5-14-12(7-10)9-13-8-11(2)4-6-15(13)14/h4-9H,1-3H3;3-8H,9H2,1-2H3. The summed E-state index contributed by atoms with van der Waals surface area (Å²) < 4.78 is 2.27. The fourth-order valence-corrected chi connectivity index (χ4v) is 4.91. The number of aryl methyl sites for hydroxylation is 5. The Morgan fingerprint density at radius 3 is 1.35 bits per heavy atom. The molecule has 0 atom stereocenters. The van der Waals surface area contributed by atoms with Gasteiger partial charge >= 0.3 is 0 Å². The van der Waals surface area contributed by atoms with Crippen molar-refractivity contribution in [2.75, 3.05) is 0 Å². The Hall–Kier alpha value is -3.32. The molecule has 0 radical (unpaired) electrons. The van der Waals surface area contributed by atoms with Gasteiger partial charge in [-0.2, -0.15) is 0 Å². The van der Waals surface area contributed by atoms with Crippen LogP contribution in [0.1, 0.15) is 33.4 Å². The van der Waals surface area contributed by atoms with Crippen molar-refractivity contribution in [3.8, 4) is 11.1 Å². The van der Waals surface area contributed by atoms with Gasteiger partial charge in [-0.25, -0.2) is 0 Å². The second-order valence-electron chi connectivity index (χ2n) is 9.10. The smallest absolute Gasteiger partial charge is 0.0488 e. The van der Waals surface area contributed by atoms with Crippen LogP contribution in [0.4, 0.5) is 0 Å². The molecule has 0 aliphatic heterocycles. The van der Waals surface area contributed by atoms with Crippen LogP contribution < -0.4 is 0 Å². The molecular weight excluding hydrogens is 374 g/mol.